The monoisotopic (exact) mass is 237 g/mol. The van der Waals surface area contributed by atoms with Crippen LogP contribution in [0.4, 0.5) is 0 Å². The first kappa shape index (κ1) is 11.8. The van der Waals surface area contributed by atoms with Gasteiger partial charge in [0.05, 0.1) is 19.3 Å². The SMILES string of the molecule is NNC(=NCCn1ccnn1)NC1CCCC1. The molecule has 0 saturated heterocycles. The Morgan fingerprint density at radius 3 is 2.94 bits per heavy atom. The van der Waals surface area contributed by atoms with E-state index in [2.05, 4.69) is 26.0 Å². The van der Waals surface area contributed by atoms with E-state index in [4.69, 9.17) is 5.84 Å². The minimum absolute atomic E-state index is 0.510. The lowest BCUT2D eigenvalue weighted by molar-refractivity contribution is 0.586. The van der Waals surface area contributed by atoms with Crippen LogP contribution < -0.4 is 16.6 Å². The first-order valence-electron chi connectivity index (χ1n) is 6.00. The van der Waals surface area contributed by atoms with Gasteiger partial charge in [-0.05, 0) is 12.8 Å². The minimum atomic E-state index is 0.510. The molecule has 0 aromatic carbocycles. The highest BCUT2D eigenvalue weighted by Gasteiger charge is 2.15. The normalized spacial score (nSPS) is 17.4. The smallest absolute Gasteiger partial charge is 0.206 e. The zero-order valence-electron chi connectivity index (χ0n) is 9.84. The summed E-state index contributed by atoms with van der Waals surface area (Å²) in [7, 11) is 0. The van der Waals surface area contributed by atoms with Crippen LogP contribution in [0, 0.1) is 0 Å². The largest absolute Gasteiger partial charge is 0.353 e. The van der Waals surface area contributed by atoms with E-state index in [0.29, 0.717) is 25.1 Å². The number of nitrogens with two attached hydrogens (primary N) is 1. The number of aromatic nitrogens is 3. The number of hydrazine groups is 1. The van der Waals surface area contributed by atoms with Crippen molar-refractivity contribution in [3.8, 4) is 0 Å². The summed E-state index contributed by atoms with van der Waals surface area (Å²) < 4.78 is 1.74. The molecule has 1 fully saturated rings. The Labute approximate surface area is 100 Å². The van der Waals surface area contributed by atoms with Gasteiger partial charge in [-0.1, -0.05) is 18.1 Å². The lowest BCUT2D eigenvalue weighted by Gasteiger charge is -2.14. The summed E-state index contributed by atoms with van der Waals surface area (Å²) in [6.45, 7) is 1.33. The molecule has 1 aliphatic carbocycles. The van der Waals surface area contributed by atoms with Crippen LogP contribution in [0.2, 0.25) is 0 Å². The topological polar surface area (TPSA) is 93.1 Å². The maximum absolute atomic E-state index is 5.43. The van der Waals surface area contributed by atoms with Crippen molar-refractivity contribution in [1.82, 2.24) is 25.7 Å². The number of nitrogens with one attached hydrogen (secondary N) is 2. The zero-order chi connectivity index (χ0) is 11.9. The van der Waals surface area contributed by atoms with Gasteiger partial charge < -0.3 is 5.32 Å². The summed E-state index contributed by atoms with van der Waals surface area (Å²) in [6.07, 6.45) is 8.44. The van der Waals surface area contributed by atoms with Crippen molar-refractivity contribution in [2.45, 2.75) is 38.3 Å². The highest BCUT2D eigenvalue weighted by molar-refractivity contribution is 5.79. The average Bonchev–Trinajstić information content (AvgIpc) is 3.00. The van der Waals surface area contributed by atoms with Gasteiger partial charge >= 0.3 is 0 Å². The number of aliphatic imine (C=N–C) groups is 1. The molecule has 17 heavy (non-hydrogen) atoms. The Kier molecular flexibility index (Phi) is 4.31. The van der Waals surface area contributed by atoms with Crippen LogP contribution in [0.15, 0.2) is 17.4 Å². The molecule has 2 rings (SSSR count). The van der Waals surface area contributed by atoms with Gasteiger partial charge in [0.15, 0.2) is 0 Å². The van der Waals surface area contributed by atoms with Gasteiger partial charge in [-0.3, -0.25) is 15.1 Å². The minimum Gasteiger partial charge on any atom is -0.353 e. The second kappa shape index (κ2) is 6.19. The first-order valence-corrected chi connectivity index (χ1v) is 6.00. The fraction of sp³-hybridized carbons (Fsp3) is 0.700. The quantitative estimate of drug-likeness (QED) is 0.287. The van der Waals surface area contributed by atoms with Crippen LogP contribution in [0.1, 0.15) is 25.7 Å². The molecule has 1 heterocycles. The lowest BCUT2D eigenvalue weighted by Crippen LogP contribution is -2.45. The second-order valence-corrected chi connectivity index (χ2v) is 4.17. The van der Waals surface area contributed by atoms with E-state index in [1.807, 2.05) is 6.20 Å². The number of guanidine groups is 1. The van der Waals surface area contributed by atoms with Gasteiger partial charge in [-0.25, -0.2) is 5.84 Å². The van der Waals surface area contributed by atoms with Crippen molar-refractivity contribution in [2.75, 3.05) is 6.54 Å². The standard InChI is InChI=1S/C10H19N7/c11-15-10(14-9-3-1-2-4-9)12-5-7-17-8-6-13-16-17/h6,8-9H,1-5,7,11H2,(H2,12,14,15). The molecule has 1 aromatic rings. The average molecular weight is 237 g/mol. The Hall–Kier alpha value is -1.63. The molecule has 7 nitrogen and oxygen atoms in total. The van der Waals surface area contributed by atoms with Crippen molar-refractivity contribution >= 4 is 5.96 Å². The molecule has 0 spiro atoms. The molecule has 1 saturated carbocycles. The molecule has 0 bridgehead atoms. The summed E-state index contributed by atoms with van der Waals surface area (Å²) in [5.74, 6) is 6.10. The molecule has 1 aliphatic rings. The van der Waals surface area contributed by atoms with E-state index in [1.165, 1.54) is 25.7 Å². The van der Waals surface area contributed by atoms with Gasteiger partial charge in [0.2, 0.25) is 5.96 Å². The fourth-order valence-electron chi connectivity index (χ4n) is 2.01. The Bertz CT molecular complexity index is 340. The predicted octanol–water partition coefficient (Wildman–Crippen LogP) is -0.370. The summed E-state index contributed by atoms with van der Waals surface area (Å²) in [5.41, 5.74) is 2.60. The third kappa shape index (κ3) is 3.70. The van der Waals surface area contributed by atoms with E-state index in [-0.39, 0.29) is 0 Å². The Balaban J connectivity index is 1.76. The third-order valence-corrected chi connectivity index (χ3v) is 2.90. The van der Waals surface area contributed by atoms with E-state index in [1.54, 1.807) is 10.9 Å². The fourth-order valence-corrected chi connectivity index (χ4v) is 2.01. The van der Waals surface area contributed by atoms with Crippen LogP contribution in [0.5, 0.6) is 0 Å². The summed E-state index contributed by atoms with van der Waals surface area (Å²) in [5, 5.41) is 10.9. The lowest BCUT2D eigenvalue weighted by atomic mass is 10.2. The van der Waals surface area contributed by atoms with E-state index in [9.17, 15) is 0 Å². The zero-order valence-corrected chi connectivity index (χ0v) is 9.84. The van der Waals surface area contributed by atoms with E-state index < -0.39 is 0 Å². The second-order valence-electron chi connectivity index (χ2n) is 4.17. The van der Waals surface area contributed by atoms with Crippen LogP contribution in [0.25, 0.3) is 0 Å². The number of rotatable bonds is 4. The summed E-state index contributed by atoms with van der Waals surface area (Å²) in [6, 6.07) is 0.510. The van der Waals surface area contributed by atoms with E-state index in [0.717, 1.165) is 0 Å². The predicted molar refractivity (Wildman–Crippen MR) is 65.0 cm³/mol. The van der Waals surface area contributed by atoms with Crippen LogP contribution in [-0.4, -0.2) is 33.5 Å². The molecular weight excluding hydrogens is 218 g/mol. The molecule has 0 radical (unpaired) electrons. The molecule has 0 unspecified atom stereocenters. The van der Waals surface area contributed by atoms with Crippen LogP contribution in [0.3, 0.4) is 0 Å². The molecule has 4 N–H and O–H groups in total. The van der Waals surface area contributed by atoms with Gasteiger partial charge in [-0.15, -0.1) is 5.10 Å². The maximum atomic E-state index is 5.43. The summed E-state index contributed by atoms with van der Waals surface area (Å²) in [4.78, 5) is 4.36. The maximum Gasteiger partial charge on any atom is 0.206 e. The molecule has 0 atom stereocenters. The molecule has 7 heteroatoms. The molecule has 0 amide bonds. The highest BCUT2D eigenvalue weighted by Crippen LogP contribution is 2.17. The van der Waals surface area contributed by atoms with Gasteiger partial charge in [0.1, 0.15) is 0 Å². The van der Waals surface area contributed by atoms with Crippen molar-refractivity contribution in [3.63, 3.8) is 0 Å². The van der Waals surface area contributed by atoms with Crippen molar-refractivity contribution < 1.29 is 0 Å². The van der Waals surface area contributed by atoms with Gasteiger partial charge in [-0.2, -0.15) is 0 Å². The van der Waals surface area contributed by atoms with Crippen molar-refractivity contribution in [3.05, 3.63) is 12.4 Å². The van der Waals surface area contributed by atoms with Crippen molar-refractivity contribution in [2.24, 2.45) is 10.8 Å². The first-order chi connectivity index (χ1) is 8.38. The molecule has 1 aromatic heterocycles. The number of hydrogen-bond donors (Lipinski definition) is 3. The van der Waals surface area contributed by atoms with Gasteiger partial charge in [0, 0.05) is 12.2 Å². The van der Waals surface area contributed by atoms with E-state index >= 15 is 0 Å². The summed E-state index contributed by atoms with van der Waals surface area (Å²) >= 11 is 0. The highest BCUT2D eigenvalue weighted by atomic mass is 15.4. The third-order valence-electron chi connectivity index (χ3n) is 2.90. The van der Waals surface area contributed by atoms with Gasteiger partial charge in [0.25, 0.3) is 0 Å². The Morgan fingerprint density at radius 2 is 2.29 bits per heavy atom. The Morgan fingerprint density at radius 1 is 1.47 bits per heavy atom. The van der Waals surface area contributed by atoms with Crippen molar-refractivity contribution in [1.29, 1.82) is 0 Å². The van der Waals surface area contributed by atoms with Crippen LogP contribution >= 0.6 is 0 Å². The molecular formula is C10H19N7. The van der Waals surface area contributed by atoms with Crippen LogP contribution in [-0.2, 0) is 6.54 Å². The molecule has 94 valence electrons. The number of hydrogen-bond acceptors (Lipinski definition) is 4. The number of nitrogens with zero attached hydrogens (tertiary/aromatic N) is 4. The molecule has 0 aliphatic heterocycles.